The molecule has 0 radical (unpaired) electrons. The zero-order valence-electron chi connectivity index (χ0n) is 7.50. The molecule has 0 saturated carbocycles. The van der Waals surface area contributed by atoms with Crippen LogP contribution >= 0.6 is 0 Å². The van der Waals surface area contributed by atoms with Crippen molar-refractivity contribution in [2.45, 2.75) is 26.2 Å². The highest BCUT2D eigenvalue weighted by Gasteiger charge is 2.25. The van der Waals surface area contributed by atoms with Crippen LogP contribution in [0.4, 0.5) is 0 Å². The maximum atomic E-state index is 11.3. The molecule has 0 saturated heterocycles. The number of nitrogens with zero attached hydrogens (tertiary/aromatic N) is 1. The highest BCUT2D eigenvalue weighted by atomic mass is 16.5. The molecule has 1 aliphatic rings. The Morgan fingerprint density at radius 1 is 1.62 bits per heavy atom. The Labute approximate surface area is 75.9 Å². The number of hydrogen-bond donors (Lipinski definition) is 0. The fourth-order valence-corrected chi connectivity index (χ4v) is 1.58. The van der Waals surface area contributed by atoms with Crippen LogP contribution < -0.4 is 0 Å². The van der Waals surface area contributed by atoms with Gasteiger partial charge in [-0.25, -0.2) is 4.79 Å². The number of hydrogen-bond acceptors (Lipinski definition) is 4. The Morgan fingerprint density at radius 2 is 2.46 bits per heavy atom. The summed E-state index contributed by atoms with van der Waals surface area (Å²) in [7, 11) is 0. The third-order valence-corrected chi connectivity index (χ3v) is 2.17. The molecular weight excluding hydrogens is 170 g/mol. The molecule has 70 valence electrons. The molecule has 1 aromatic rings. The fourth-order valence-electron chi connectivity index (χ4n) is 1.58. The van der Waals surface area contributed by atoms with Gasteiger partial charge in [-0.2, -0.15) is 0 Å². The molecule has 13 heavy (non-hydrogen) atoms. The van der Waals surface area contributed by atoms with Gasteiger partial charge >= 0.3 is 5.97 Å². The predicted molar refractivity (Wildman–Crippen MR) is 44.5 cm³/mol. The summed E-state index contributed by atoms with van der Waals surface area (Å²) in [6.45, 7) is 2.15. The number of rotatable bonds is 2. The van der Waals surface area contributed by atoms with E-state index >= 15 is 0 Å². The highest BCUT2D eigenvalue weighted by molar-refractivity contribution is 5.89. The van der Waals surface area contributed by atoms with Crippen molar-refractivity contribution in [3.8, 4) is 0 Å². The lowest BCUT2D eigenvalue weighted by Gasteiger charge is -1.97. The number of aromatic nitrogens is 1. The number of carbonyl (C=O) groups is 1. The SMILES string of the molecule is CCOC(=O)c1noc2c1CCC2. The third-order valence-electron chi connectivity index (χ3n) is 2.17. The Balaban J connectivity index is 2.26. The fraction of sp³-hybridized carbons (Fsp3) is 0.556. The number of ether oxygens (including phenoxy) is 1. The lowest BCUT2D eigenvalue weighted by Crippen LogP contribution is -2.07. The highest BCUT2D eigenvalue weighted by Crippen LogP contribution is 2.25. The van der Waals surface area contributed by atoms with E-state index in [0.717, 1.165) is 30.6 Å². The average molecular weight is 181 g/mol. The first kappa shape index (κ1) is 8.29. The van der Waals surface area contributed by atoms with Gasteiger partial charge in [-0.15, -0.1) is 0 Å². The molecule has 4 nitrogen and oxygen atoms in total. The molecule has 0 N–H and O–H groups in total. The van der Waals surface area contributed by atoms with Crippen molar-refractivity contribution in [2.75, 3.05) is 6.61 Å². The second kappa shape index (κ2) is 3.20. The molecule has 1 heterocycles. The predicted octanol–water partition coefficient (Wildman–Crippen LogP) is 1.34. The first-order valence-corrected chi connectivity index (χ1v) is 4.47. The van der Waals surface area contributed by atoms with Gasteiger partial charge in [0.2, 0.25) is 0 Å². The second-order valence-electron chi connectivity index (χ2n) is 3.01. The van der Waals surface area contributed by atoms with Crippen LogP contribution in [0.3, 0.4) is 0 Å². The van der Waals surface area contributed by atoms with Crippen LogP contribution in [-0.2, 0) is 17.6 Å². The molecule has 1 aromatic heterocycles. The Bertz CT molecular complexity index is 330. The standard InChI is InChI=1S/C9H11NO3/c1-2-12-9(11)8-6-4-3-5-7(6)13-10-8/h2-5H2,1H3. The molecule has 2 rings (SSSR count). The summed E-state index contributed by atoms with van der Waals surface area (Å²) in [6, 6.07) is 0. The summed E-state index contributed by atoms with van der Waals surface area (Å²) >= 11 is 0. The van der Waals surface area contributed by atoms with E-state index in [9.17, 15) is 4.79 Å². The van der Waals surface area contributed by atoms with Crippen LogP contribution in [-0.4, -0.2) is 17.7 Å². The van der Waals surface area contributed by atoms with E-state index in [2.05, 4.69) is 5.16 Å². The number of carbonyl (C=O) groups excluding carboxylic acids is 1. The van der Waals surface area contributed by atoms with Gasteiger partial charge in [0.1, 0.15) is 5.76 Å². The second-order valence-corrected chi connectivity index (χ2v) is 3.01. The van der Waals surface area contributed by atoms with Gasteiger partial charge in [-0.1, -0.05) is 5.16 Å². The van der Waals surface area contributed by atoms with Crippen molar-refractivity contribution in [3.05, 3.63) is 17.0 Å². The van der Waals surface area contributed by atoms with Crippen LogP contribution in [0.1, 0.15) is 35.2 Å². The smallest absolute Gasteiger partial charge is 0.360 e. The van der Waals surface area contributed by atoms with E-state index in [1.54, 1.807) is 6.92 Å². The molecule has 0 bridgehead atoms. The van der Waals surface area contributed by atoms with Crippen LogP contribution in [0, 0.1) is 0 Å². The molecular formula is C9H11NO3. The van der Waals surface area contributed by atoms with E-state index in [0.29, 0.717) is 12.3 Å². The molecule has 0 fully saturated rings. The van der Waals surface area contributed by atoms with E-state index in [-0.39, 0.29) is 5.97 Å². The van der Waals surface area contributed by atoms with Crippen LogP contribution in [0.5, 0.6) is 0 Å². The molecule has 0 aromatic carbocycles. The quantitative estimate of drug-likeness (QED) is 0.646. The molecule has 0 atom stereocenters. The van der Waals surface area contributed by atoms with Gasteiger partial charge in [0.15, 0.2) is 5.69 Å². The van der Waals surface area contributed by atoms with E-state index in [1.807, 2.05) is 0 Å². The van der Waals surface area contributed by atoms with Gasteiger partial charge < -0.3 is 9.26 Å². The maximum absolute atomic E-state index is 11.3. The van der Waals surface area contributed by atoms with Gasteiger partial charge in [-0.3, -0.25) is 0 Å². The summed E-state index contributed by atoms with van der Waals surface area (Å²) in [5.74, 6) is 0.484. The van der Waals surface area contributed by atoms with Crippen molar-refractivity contribution >= 4 is 5.97 Å². The van der Waals surface area contributed by atoms with E-state index in [1.165, 1.54) is 0 Å². The van der Waals surface area contributed by atoms with Gasteiger partial charge in [-0.05, 0) is 19.8 Å². The normalized spacial score (nSPS) is 14.2. The van der Waals surface area contributed by atoms with Crippen LogP contribution in [0.15, 0.2) is 4.52 Å². The van der Waals surface area contributed by atoms with E-state index < -0.39 is 0 Å². The van der Waals surface area contributed by atoms with Gasteiger partial charge in [0.25, 0.3) is 0 Å². The summed E-state index contributed by atoms with van der Waals surface area (Å²) in [5, 5.41) is 3.71. The molecule has 0 spiro atoms. The van der Waals surface area contributed by atoms with Gasteiger partial charge in [0.05, 0.1) is 6.61 Å². The van der Waals surface area contributed by atoms with Crippen LogP contribution in [0.25, 0.3) is 0 Å². The molecule has 1 aliphatic carbocycles. The number of fused-ring (bicyclic) bond motifs is 1. The molecule has 0 amide bonds. The summed E-state index contributed by atoms with van der Waals surface area (Å²) < 4.78 is 9.87. The van der Waals surface area contributed by atoms with Crippen molar-refractivity contribution in [1.82, 2.24) is 5.16 Å². The van der Waals surface area contributed by atoms with E-state index in [4.69, 9.17) is 9.26 Å². The zero-order chi connectivity index (χ0) is 9.26. The summed E-state index contributed by atoms with van der Waals surface area (Å²) in [6.07, 6.45) is 2.82. The third kappa shape index (κ3) is 1.32. The first-order chi connectivity index (χ1) is 6.33. The summed E-state index contributed by atoms with van der Waals surface area (Å²) in [5.41, 5.74) is 1.31. The maximum Gasteiger partial charge on any atom is 0.360 e. The van der Waals surface area contributed by atoms with Gasteiger partial charge in [0, 0.05) is 12.0 Å². The lowest BCUT2D eigenvalue weighted by atomic mass is 10.2. The molecule has 0 aliphatic heterocycles. The van der Waals surface area contributed by atoms with Crippen molar-refractivity contribution in [3.63, 3.8) is 0 Å². The topological polar surface area (TPSA) is 52.3 Å². The van der Waals surface area contributed by atoms with Crippen LogP contribution in [0.2, 0.25) is 0 Å². The Hall–Kier alpha value is -1.32. The summed E-state index contributed by atoms with van der Waals surface area (Å²) in [4.78, 5) is 11.3. The minimum Gasteiger partial charge on any atom is -0.461 e. The zero-order valence-corrected chi connectivity index (χ0v) is 7.50. The number of esters is 1. The average Bonchev–Trinajstić information content (AvgIpc) is 2.62. The monoisotopic (exact) mass is 181 g/mol. The lowest BCUT2D eigenvalue weighted by molar-refractivity contribution is 0.0513. The number of aryl methyl sites for hydroxylation is 1. The van der Waals surface area contributed by atoms with Crippen molar-refractivity contribution in [1.29, 1.82) is 0 Å². The Morgan fingerprint density at radius 3 is 3.23 bits per heavy atom. The van der Waals surface area contributed by atoms with Crippen molar-refractivity contribution in [2.24, 2.45) is 0 Å². The minimum absolute atomic E-state index is 0.366. The first-order valence-electron chi connectivity index (χ1n) is 4.47. The minimum atomic E-state index is -0.366. The van der Waals surface area contributed by atoms with Crippen molar-refractivity contribution < 1.29 is 14.1 Å². The molecule has 4 heteroatoms. The largest absolute Gasteiger partial charge is 0.461 e. The Kier molecular flexibility index (Phi) is 2.04. The molecule has 0 unspecified atom stereocenters.